The molecule has 1 aliphatic heterocycles. The summed E-state index contributed by atoms with van der Waals surface area (Å²) in [6.07, 6.45) is 1.68. The van der Waals surface area contributed by atoms with Crippen molar-refractivity contribution in [3.05, 3.63) is 88.8 Å². The Bertz CT molecular complexity index is 1620. The van der Waals surface area contributed by atoms with Crippen LogP contribution in [0.25, 0.3) is 6.08 Å². The molecule has 190 valence electrons. The smallest absolute Gasteiger partial charge is 0.338 e. The van der Waals surface area contributed by atoms with Crippen molar-refractivity contribution < 1.29 is 23.4 Å². The number of methoxy groups -OCH3 is 1. The van der Waals surface area contributed by atoms with Crippen molar-refractivity contribution in [1.82, 2.24) is 4.57 Å². The fourth-order valence-electron chi connectivity index (χ4n) is 3.97. The molecule has 0 aliphatic carbocycles. The molecule has 0 fully saturated rings. The Morgan fingerprint density at radius 1 is 1.32 bits per heavy atom. The van der Waals surface area contributed by atoms with Crippen molar-refractivity contribution in [2.24, 2.45) is 4.99 Å². The Balaban J connectivity index is 1.90. The van der Waals surface area contributed by atoms with Crippen molar-refractivity contribution in [3.8, 4) is 17.6 Å². The fourth-order valence-corrected chi connectivity index (χ4v) is 5.59. The first kappa shape index (κ1) is 26.3. The SMILES string of the molecule is CCOC(=O)C1=C(C)N=c2sc(=Cc3cc(Br)c(OCC#N)c(OC)c3)c(=O)n2[C@@H]1c1ccc(F)cc1. The molecule has 0 unspecified atom stereocenters. The number of halogens is 2. The van der Waals surface area contributed by atoms with Crippen molar-refractivity contribution in [1.29, 1.82) is 5.26 Å². The third-order valence-corrected chi connectivity index (χ3v) is 7.11. The van der Waals surface area contributed by atoms with Crippen molar-refractivity contribution in [2.75, 3.05) is 20.3 Å². The molecule has 1 aromatic heterocycles. The van der Waals surface area contributed by atoms with E-state index in [0.717, 1.165) is 11.3 Å². The van der Waals surface area contributed by atoms with Gasteiger partial charge in [0.2, 0.25) is 0 Å². The Morgan fingerprint density at radius 2 is 2.05 bits per heavy atom. The van der Waals surface area contributed by atoms with Crippen LogP contribution in [0.5, 0.6) is 11.5 Å². The third-order valence-electron chi connectivity index (χ3n) is 5.53. The van der Waals surface area contributed by atoms with Gasteiger partial charge in [0.05, 0.1) is 40.0 Å². The van der Waals surface area contributed by atoms with E-state index >= 15 is 0 Å². The largest absolute Gasteiger partial charge is 0.493 e. The molecule has 0 bridgehead atoms. The van der Waals surface area contributed by atoms with E-state index in [1.165, 1.54) is 35.9 Å². The lowest BCUT2D eigenvalue weighted by Gasteiger charge is -2.24. The monoisotopic (exact) mass is 585 g/mol. The average molecular weight is 586 g/mol. The van der Waals surface area contributed by atoms with Crippen LogP contribution >= 0.6 is 27.3 Å². The number of rotatable bonds is 7. The highest BCUT2D eigenvalue weighted by Crippen LogP contribution is 2.37. The number of allylic oxidation sites excluding steroid dienone is 1. The van der Waals surface area contributed by atoms with Gasteiger partial charge in [-0.2, -0.15) is 5.26 Å². The first-order valence-corrected chi connectivity index (χ1v) is 12.7. The van der Waals surface area contributed by atoms with Gasteiger partial charge in [-0.25, -0.2) is 14.2 Å². The lowest BCUT2D eigenvalue weighted by molar-refractivity contribution is -0.139. The summed E-state index contributed by atoms with van der Waals surface area (Å²) in [6, 6.07) is 10.1. The van der Waals surface area contributed by atoms with Gasteiger partial charge in [-0.15, -0.1) is 0 Å². The van der Waals surface area contributed by atoms with Crippen LogP contribution in [0.4, 0.5) is 4.39 Å². The number of esters is 1. The lowest BCUT2D eigenvalue weighted by Crippen LogP contribution is -2.39. The maximum Gasteiger partial charge on any atom is 0.338 e. The first-order chi connectivity index (χ1) is 17.8. The number of carbonyl (C=O) groups is 1. The molecule has 0 saturated carbocycles. The second-order valence-corrected chi connectivity index (χ2v) is 9.70. The molecule has 0 amide bonds. The number of hydrogen-bond acceptors (Lipinski definition) is 8. The number of ether oxygens (including phenoxy) is 3. The highest BCUT2D eigenvalue weighted by Gasteiger charge is 2.33. The lowest BCUT2D eigenvalue weighted by atomic mass is 9.96. The third kappa shape index (κ3) is 5.21. The zero-order chi connectivity index (χ0) is 26.7. The molecule has 8 nitrogen and oxygen atoms in total. The molecule has 2 heterocycles. The Hall–Kier alpha value is -3.75. The minimum Gasteiger partial charge on any atom is -0.493 e. The maximum atomic E-state index is 13.7. The van der Waals surface area contributed by atoms with Gasteiger partial charge in [0.25, 0.3) is 5.56 Å². The molecule has 0 spiro atoms. The van der Waals surface area contributed by atoms with Gasteiger partial charge < -0.3 is 14.2 Å². The summed E-state index contributed by atoms with van der Waals surface area (Å²) in [7, 11) is 1.47. The Kier molecular flexibility index (Phi) is 7.90. The number of aromatic nitrogens is 1. The topological polar surface area (TPSA) is 103 Å². The molecular weight excluding hydrogens is 565 g/mol. The molecule has 37 heavy (non-hydrogen) atoms. The van der Waals surface area contributed by atoms with Gasteiger partial charge in [-0.05, 0) is 71.2 Å². The van der Waals surface area contributed by atoms with E-state index in [-0.39, 0.29) is 24.3 Å². The van der Waals surface area contributed by atoms with Crippen LogP contribution in [-0.2, 0) is 9.53 Å². The number of fused-ring (bicyclic) bond motifs is 1. The number of benzene rings is 2. The van der Waals surface area contributed by atoms with Crippen LogP contribution in [0.15, 0.2) is 61.9 Å². The minimum atomic E-state index is -0.832. The zero-order valence-electron chi connectivity index (χ0n) is 20.1. The summed E-state index contributed by atoms with van der Waals surface area (Å²) in [4.78, 5) is 31.5. The molecule has 1 aliphatic rings. The van der Waals surface area contributed by atoms with E-state index in [1.54, 1.807) is 32.1 Å². The normalized spacial score (nSPS) is 15.0. The average Bonchev–Trinajstić information content (AvgIpc) is 3.17. The van der Waals surface area contributed by atoms with E-state index < -0.39 is 17.8 Å². The zero-order valence-corrected chi connectivity index (χ0v) is 22.5. The summed E-state index contributed by atoms with van der Waals surface area (Å²) in [5.41, 5.74) is 1.46. The van der Waals surface area contributed by atoms with E-state index in [1.807, 2.05) is 6.07 Å². The Morgan fingerprint density at radius 3 is 2.70 bits per heavy atom. The molecule has 3 aromatic rings. The van der Waals surface area contributed by atoms with Gasteiger partial charge in [-0.3, -0.25) is 9.36 Å². The van der Waals surface area contributed by atoms with Crippen LogP contribution in [0.1, 0.15) is 31.0 Å². The summed E-state index contributed by atoms with van der Waals surface area (Å²) in [6.45, 7) is 3.38. The van der Waals surface area contributed by atoms with E-state index in [4.69, 9.17) is 19.5 Å². The summed E-state index contributed by atoms with van der Waals surface area (Å²) in [5, 5.41) is 8.83. The van der Waals surface area contributed by atoms with Gasteiger partial charge in [0.1, 0.15) is 11.9 Å². The van der Waals surface area contributed by atoms with Crippen LogP contribution in [0.3, 0.4) is 0 Å². The number of nitriles is 1. The molecular formula is C26H21BrFN3O5S. The molecule has 0 N–H and O–H groups in total. The predicted molar refractivity (Wildman–Crippen MR) is 139 cm³/mol. The molecule has 0 radical (unpaired) electrons. The van der Waals surface area contributed by atoms with E-state index in [0.29, 0.717) is 42.1 Å². The molecule has 1 atom stereocenters. The fraction of sp³-hybridized carbons (Fsp3) is 0.231. The van der Waals surface area contributed by atoms with Crippen molar-refractivity contribution >= 4 is 39.3 Å². The second kappa shape index (κ2) is 11.1. The minimum absolute atomic E-state index is 0.154. The highest BCUT2D eigenvalue weighted by atomic mass is 79.9. The first-order valence-electron chi connectivity index (χ1n) is 11.1. The molecule has 4 rings (SSSR count). The number of thiazole rings is 1. The molecule has 11 heteroatoms. The molecule has 0 saturated heterocycles. The van der Waals surface area contributed by atoms with Gasteiger partial charge in [0.15, 0.2) is 22.9 Å². The van der Waals surface area contributed by atoms with E-state index in [2.05, 4.69) is 20.9 Å². The molecule has 2 aromatic carbocycles. The standard InChI is InChI=1S/C26H21BrFN3O5S/c1-4-35-25(33)21-14(2)30-26-31(22(21)16-5-7-17(28)8-6-16)24(32)20(37-26)13-15-11-18(27)23(36-10-9-29)19(12-15)34-3/h5-8,11-13,22H,4,10H2,1-3H3/t22-/m1/s1. The van der Waals surface area contributed by atoms with Crippen LogP contribution in [0.2, 0.25) is 0 Å². The number of hydrogen-bond donors (Lipinski definition) is 0. The Labute approximate surface area is 223 Å². The number of nitrogens with zero attached hydrogens (tertiary/aromatic N) is 3. The van der Waals surface area contributed by atoms with Crippen molar-refractivity contribution in [3.63, 3.8) is 0 Å². The highest BCUT2D eigenvalue weighted by molar-refractivity contribution is 9.10. The maximum absolute atomic E-state index is 13.7. The summed E-state index contributed by atoms with van der Waals surface area (Å²) in [5.74, 6) is -0.271. The quantitative estimate of drug-likeness (QED) is 0.392. The van der Waals surface area contributed by atoms with Gasteiger partial charge in [0, 0.05) is 0 Å². The predicted octanol–water partition coefficient (Wildman–Crippen LogP) is 3.61. The second-order valence-electron chi connectivity index (χ2n) is 7.83. The van der Waals surface area contributed by atoms with Gasteiger partial charge >= 0.3 is 5.97 Å². The number of carbonyl (C=O) groups excluding carboxylic acids is 1. The van der Waals surface area contributed by atoms with Gasteiger partial charge in [-0.1, -0.05) is 23.5 Å². The van der Waals surface area contributed by atoms with Crippen molar-refractivity contribution in [2.45, 2.75) is 19.9 Å². The summed E-state index contributed by atoms with van der Waals surface area (Å²) >= 11 is 4.59. The van der Waals surface area contributed by atoms with E-state index in [9.17, 15) is 14.0 Å². The van der Waals surface area contributed by atoms with Crippen LogP contribution < -0.4 is 24.4 Å². The summed E-state index contributed by atoms with van der Waals surface area (Å²) < 4.78 is 32.1. The van der Waals surface area contributed by atoms with Crippen LogP contribution in [-0.4, -0.2) is 30.9 Å². The van der Waals surface area contributed by atoms with Crippen LogP contribution in [0, 0.1) is 17.1 Å².